The number of halogens is 1. The highest BCUT2D eigenvalue weighted by Crippen LogP contribution is 2.20. The molecule has 6 heteroatoms. The summed E-state index contributed by atoms with van der Waals surface area (Å²) >= 11 is 7.49. The number of carbonyl (C=O) groups excluding carboxylic acids is 2. The van der Waals surface area contributed by atoms with Crippen molar-refractivity contribution in [3.05, 3.63) is 34.9 Å². The molecule has 110 valence electrons. The molecule has 20 heavy (non-hydrogen) atoms. The van der Waals surface area contributed by atoms with E-state index in [9.17, 15) is 9.59 Å². The number of thioether (sulfide) groups is 1. The van der Waals surface area contributed by atoms with Crippen LogP contribution in [-0.4, -0.2) is 30.2 Å². The lowest BCUT2D eigenvalue weighted by Gasteiger charge is -2.09. The third kappa shape index (κ3) is 6.82. The Balaban J connectivity index is 2.21. The standard InChI is InChI=1S/C14H19ClN2O2S/c1-10(2)17-13(18)7-16-14(19)9-20-8-11-5-3-4-6-12(11)15/h3-6,10H,7-9H2,1-2H3,(H,16,19)(H,17,18). The van der Waals surface area contributed by atoms with Crippen molar-refractivity contribution in [1.29, 1.82) is 0 Å². The van der Waals surface area contributed by atoms with Gasteiger partial charge in [-0.25, -0.2) is 0 Å². The maximum atomic E-state index is 11.6. The van der Waals surface area contributed by atoms with Crippen LogP contribution in [0.4, 0.5) is 0 Å². The molecule has 0 saturated carbocycles. The molecule has 1 aromatic rings. The van der Waals surface area contributed by atoms with Gasteiger partial charge in [0.1, 0.15) is 0 Å². The van der Waals surface area contributed by atoms with Gasteiger partial charge in [-0.3, -0.25) is 9.59 Å². The minimum atomic E-state index is -0.176. The van der Waals surface area contributed by atoms with Gasteiger partial charge in [-0.05, 0) is 25.5 Å². The van der Waals surface area contributed by atoms with Crippen molar-refractivity contribution in [1.82, 2.24) is 10.6 Å². The van der Waals surface area contributed by atoms with Crippen LogP contribution in [0.3, 0.4) is 0 Å². The van der Waals surface area contributed by atoms with Gasteiger partial charge in [0, 0.05) is 16.8 Å². The number of amides is 2. The van der Waals surface area contributed by atoms with Gasteiger partial charge in [0.05, 0.1) is 12.3 Å². The van der Waals surface area contributed by atoms with Crippen LogP contribution in [0, 0.1) is 0 Å². The summed E-state index contributed by atoms with van der Waals surface area (Å²) in [6.07, 6.45) is 0. The van der Waals surface area contributed by atoms with Crippen molar-refractivity contribution >= 4 is 35.2 Å². The maximum absolute atomic E-state index is 11.6. The molecule has 0 aliphatic rings. The van der Waals surface area contributed by atoms with E-state index in [2.05, 4.69) is 10.6 Å². The Bertz CT molecular complexity index is 466. The third-order valence-electron chi connectivity index (χ3n) is 2.34. The van der Waals surface area contributed by atoms with Crippen LogP contribution in [0.15, 0.2) is 24.3 Å². The second kappa shape index (κ2) is 8.87. The molecule has 0 atom stereocenters. The predicted octanol–water partition coefficient (Wildman–Crippen LogP) is 2.21. The smallest absolute Gasteiger partial charge is 0.239 e. The molecule has 1 aromatic carbocycles. The van der Waals surface area contributed by atoms with E-state index in [-0.39, 0.29) is 24.4 Å². The summed E-state index contributed by atoms with van der Waals surface area (Å²) in [5.41, 5.74) is 1.00. The fourth-order valence-electron chi connectivity index (χ4n) is 1.47. The molecule has 0 heterocycles. The summed E-state index contributed by atoms with van der Waals surface area (Å²) in [6, 6.07) is 7.63. The van der Waals surface area contributed by atoms with E-state index < -0.39 is 0 Å². The zero-order valence-electron chi connectivity index (χ0n) is 11.6. The number of nitrogens with one attached hydrogen (secondary N) is 2. The van der Waals surface area contributed by atoms with Crippen molar-refractivity contribution < 1.29 is 9.59 Å². The number of rotatable bonds is 7. The first-order chi connectivity index (χ1) is 9.49. The van der Waals surface area contributed by atoms with E-state index in [1.807, 2.05) is 38.1 Å². The molecular formula is C14H19ClN2O2S. The highest BCUT2D eigenvalue weighted by atomic mass is 35.5. The second-order valence-corrected chi connectivity index (χ2v) is 5.98. The van der Waals surface area contributed by atoms with Crippen LogP contribution in [0.1, 0.15) is 19.4 Å². The van der Waals surface area contributed by atoms with Crippen molar-refractivity contribution in [2.24, 2.45) is 0 Å². The Morgan fingerprint density at radius 2 is 1.95 bits per heavy atom. The van der Waals surface area contributed by atoms with Crippen molar-refractivity contribution in [2.45, 2.75) is 25.6 Å². The minimum Gasteiger partial charge on any atom is -0.352 e. The van der Waals surface area contributed by atoms with Crippen LogP contribution >= 0.6 is 23.4 Å². The van der Waals surface area contributed by atoms with Gasteiger partial charge in [-0.15, -0.1) is 11.8 Å². The van der Waals surface area contributed by atoms with E-state index >= 15 is 0 Å². The SMILES string of the molecule is CC(C)NC(=O)CNC(=O)CSCc1ccccc1Cl. The monoisotopic (exact) mass is 314 g/mol. The molecule has 4 nitrogen and oxygen atoms in total. The summed E-state index contributed by atoms with van der Waals surface area (Å²) in [5, 5.41) is 6.00. The largest absolute Gasteiger partial charge is 0.352 e. The van der Waals surface area contributed by atoms with Crippen LogP contribution in [-0.2, 0) is 15.3 Å². The van der Waals surface area contributed by atoms with Gasteiger partial charge >= 0.3 is 0 Å². The van der Waals surface area contributed by atoms with E-state index in [0.717, 1.165) is 5.56 Å². The molecule has 1 rings (SSSR count). The first-order valence-corrected chi connectivity index (χ1v) is 7.89. The lowest BCUT2D eigenvalue weighted by molar-refractivity contribution is -0.125. The first-order valence-electron chi connectivity index (χ1n) is 6.36. The molecular weight excluding hydrogens is 296 g/mol. The van der Waals surface area contributed by atoms with Gasteiger partial charge in [-0.2, -0.15) is 0 Å². The molecule has 0 saturated heterocycles. The van der Waals surface area contributed by atoms with Gasteiger partial charge < -0.3 is 10.6 Å². The van der Waals surface area contributed by atoms with Gasteiger partial charge in [-0.1, -0.05) is 29.8 Å². The summed E-state index contributed by atoms with van der Waals surface area (Å²) < 4.78 is 0. The highest BCUT2D eigenvalue weighted by Gasteiger charge is 2.07. The Morgan fingerprint density at radius 1 is 1.25 bits per heavy atom. The molecule has 0 aliphatic heterocycles. The lowest BCUT2D eigenvalue weighted by atomic mass is 10.2. The maximum Gasteiger partial charge on any atom is 0.239 e. The molecule has 0 spiro atoms. The number of benzene rings is 1. The first kappa shape index (κ1) is 16.9. The predicted molar refractivity (Wildman–Crippen MR) is 83.9 cm³/mol. The molecule has 0 aromatic heterocycles. The molecule has 2 amide bonds. The van der Waals surface area contributed by atoms with Gasteiger partial charge in [0.15, 0.2) is 0 Å². The summed E-state index contributed by atoms with van der Waals surface area (Å²) in [7, 11) is 0. The van der Waals surface area contributed by atoms with Crippen molar-refractivity contribution in [3.63, 3.8) is 0 Å². The molecule has 0 bridgehead atoms. The summed E-state index contributed by atoms with van der Waals surface area (Å²) in [4.78, 5) is 22.9. The summed E-state index contributed by atoms with van der Waals surface area (Å²) in [6.45, 7) is 3.77. The normalized spacial score (nSPS) is 10.4. The van der Waals surface area contributed by atoms with Crippen LogP contribution in [0.2, 0.25) is 5.02 Å². The van der Waals surface area contributed by atoms with Crippen LogP contribution < -0.4 is 10.6 Å². The van der Waals surface area contributed by atoms with Gasteiger partial charge in [0.2, 0.25) is 11.8 Å². The fourth-order valence-corrected chi connectivity index (χ4v) is 2.61. The van der Waals surface area contributed by atoms with Crippen molar-refractivity contribution in [3.8, 4) is 0 Å². The number of hydrogen-bond donors (Lipinski definition) is 2. The highest BCUT2D eigenvalue weighted by molar-refractivity contribution is 7.99. The van der Waals surface area contributed by atoms with Crippen molar-refractivity contribution in [2.75, 3.05) is 12.3 Å². The average molecular weight is 315 g/mol. The lowest BCUT2D eigenvalue weighted by Crippen LogP contribution is -2.40. The van der Waals surface area contributed by atoms with E-state index in [1.165, 1.54) is 11.8 Å². The fraction of sp³-hybridized carbons (Fsp3) is 0.429. The zero-order valence-corrected chi connectivity index (χ0v) is 13.2. The van der Waals surface area contributed by atoms with E-state index in [4.69, 9.17) is 11.6 Å². The summed E-state index contributed by atoms with van der Waals surface area (Å²) in [5.74, 6) is 0.649. The van der Waals surface area contributed by atoms with E-state index in [1.54, 1.807) is 0 Å². The third-order valence-corrected chi connectivity index (χ3v) is 3.69. The topological polar surface area (TPSA) is 58.2 Å². The molecule has 0 radical (unpaired) electrons. The second-order valence-electron chi connectivity index (χ2n) is 4.58. The minimum absolute atomic E-state index is 0.0175. The van der Waals surface area contributed by atoms with E-state index in [0.29, 0.717) is 16.5 Å². The van der Waals surface area contributed by atoms with Gasteiger partial charge in [0.25, 0.3) is 0 Å². The molecule has 2 N–H and O–H groups in total. The molecule has 0 fully saturated rings. The molecule has 0 aliphatic carbocycles. The quantitative estimate of drug-likeness (QED) is 0.811. The van der Waals surface area contributed by atoms with Crippen LogP contribution in [0.5, 0.6) is 0 Å². The Morgan fingerprint density at radius 3 is 2.60 bits per heavy atom. The average Bonchev–Trinajstić information content (AvgIpc) is 2.38. The Kier molecular flexibility index (Phi) is 7.47. The molecule has 0 unspecified atom stereocenters. The number of hydrogen-bond acceptors (Lipinski definition) is 3. The zero-order chi connectivity index (χ0) is 15.0. The Hall–Kier alpha value is -1.20. The number of carbonyl (C=O) groups is 2. The van der Waals surface area contributed by atoms with Crippen LogP contribution in [0.25, 0.3) is 0 Å². The Labute approximate surface area is 128 Å².